The quantitative estimate of drug-likeness (QED) is 0.747. The molecule has 1 atom stereocenters. The summed E-state index contributed by atoms with van der Waals surface area (Å²) in [7, 11) is 0. The molecule has 82 valence electrons. The van der Waals surface area contributed by atoms with Crippen molar-refractivity contribution in [3.05, 3.63) is 60.2 Å². The van der Waals surface area contributed by atoms with Gasteiger partial charge in [-0.05, 0) is 16.7 Å². The number of carbonyl (C=O) groups is 1. The molecule has 0 aromatic heterocycles. The molecule has 2 heteroatoms. The minimum Gasteiger partial charge on any atom is -0.302 e. The summed E-state index contributed by atoms with van der Waals surface area (Å²) >= 11 is 0. The van der Waals surface area contributed by atoms with E-state index in [1.54, 1.807) is 0 Å². The number of hydrogen-bond acceptors (Lipinski definition) is 2. The molecule has 2 rings (SSSR count). The van der Waals surface area contributed by atoms with Crippen LogP contribution in [0.3, 0.4) is 0 Å². The standard InChI is InChI=1S/C15H11NO/c16-10-13(11-17)15-9-5-4-8-14(15)12-6-2-1-3-7-12/h1-9,11,13H/t13-/m0/s1. The molecule has 0 aliphatic rings. The lowest BCUT2D eigenvalue weighted by molar-refractivity contribution is -0.108. The number of nitriles is 1. The van der Waals surface area contributed by atoms with E-state index in [0.29, 0.717) is 6.29 Å². The van der Waals surface area contributed by atoms with Gasteiger partial charge in [0.15, 0.2) is 0 Å². The van der Waals surface area contributed by atoms with E-state index in [9.17, 15) is 4.79 Å². The van der Waals surface area contributed by atoms with E-state index in [4.69, 9.17) is 5.26 Å². The van der Waals surface area contributed by atoms with E-state index in [2.05, 4.69) is 0 Å². The zero-order chi connectivity index (χ0) is 12.1. The van der Waals surface area contributed by atoms with Gasteiger partial charge in [-0.15, -0.1) is 0 Å². The minimum absolute atomic E-state index is 0.682. The van der Waals surface area contributed by atoms with Crippen molar-refractivity contribution in [2.75, 3.05) is 0 Å². The number of hydrogen-bond donors (Lipinski definition) is 0. The molecule has 0 spiro atoms. The summed E-state index contributed by atoms with van der Waals surface area (Å²) in [6.07, 6.45) is 0.682. The lowest BCUT2D eigenvalue weighted by Gasteiger charge is -2.10. The van der Waals surface area contributed by atoms with Crippen LogP contribution in [0.4, 0.5) is 0 Å². The monoisotopic (exact) mass is 221 g/mol. The Morgan fingerprint density at radius 3 is 2.29 bits per heavy atom. The van der Waals surface area contributed by atoms with Crippen LogP contribution in [0.1, 0.15) is 11.5 Å². The molecular formula is C15H11NO. The maximum atomic E-state index is 10.9. The van der Waals surface area contributed by atoms with Gasteiger partial charge in [0, 0.05) is 0 Å². The highest BCUT2D eigenvalue weighted by Gasteiger charge is 2.13. The van der Waals surface area contributed by atoms with Crippen molar-refractivity contribution >= 4 is 6.29 Å². The van der Waals surface area contributed by atoms with E-state index in [0.717, 1.165) is 16.7 Å². The predicted molar refractivity (Wildman–Crippen MR) is 66.3 cm³/mol. The van der Waals surface area contributed by atoms with Crippen LogP contribution in [0.2, 0.25) is 0 Å². The summed E-state index contributed by atoms with van der Waals surface area (Å²) in [6.45, 7) is 0. The van der Waals surface area contributed by atoms with Gasteiger partial charge in [-0.25, -0.2) is 0 Å². The molecule has 0 radical (unpaired) electrons. The predicted octanol–water partition coefficient (Wildman–Crippen LogP) is 3.16. The van der Waals surface area contributed by atoms with Crippen molar-refractivity contribution in [3.63, 3.8) is 0 Å². The molecule has 0 aliphatic heterocycles. The Balaban J connectivity index is 2.56. The van der Waals surface area contributed by atoms with Crippen LogP contribution in [0, 0.1) is 11.3 Å². The van der Waals surface area contributed by atoms with E-state index in [1.807, 2.05) is 60.7 Å². The minimum atomic E-state index is -0.702. The van der Waals surface area contributed by atoms with Crippen LogP contribution < -0.4 is 0 Å². The van der Waals surface area contributed by atoms with E-state index < -0.39 is 5.92 Å². The van der Waals surface area contributed by atoms with Crippen molar-refractivity contribution in [1.29, 1.82) is 5.26 Å². The average Bonchev–Trinajstić information content (AvgIpc) is 2.42. The third-order valence-electron chi connectivity index (χ3n) is 2.66. The SMILES string of the molecule is N#C[C@@H](C=O)c1ccccc1-c1ccccc1. The van der Waals surface area contributed by atoms with Gasteiger partial charge >= 0.3 is 0 Å². The van der Waals surface area contributed by atoms with Crippen molar-refractivity contribution in [2.45, 2.75) is 5.92 Å². The van der Waals surface area contributed by atoms with Crippen LogP contribution >= 0.6 is 0 Å². The number of aldehydes is 1. The second kappa shape index (κ2) is 5.09. The fraction of sp³-hybridized carbons (Fsp3) is 0.0667. The van der Waals surface area contributed by atoms with Gasteiger partial charge in [0.1, 0.15) is 12.2 Å². The van der Waals surface area contributed by atoms with Gasteiger partial charge in [0.05, 0.1) is 6.07 Å². The summed E-state index contributed by atoms with van der Waals surface area (Å²) in [4.78, 5) is 10.9. The fourth-order valence-electron chi connectivity index (χ4n) is 1.82. The third kappa shape index (κ3) is 2.24. The maximum absolute atomic E-state index is 10.9. The highest BCUT2D eigenvalue weighted by atomic mass is 16.1. The first kappa shape index (κ1) is 11.1. The Labute approximate surface area is 100 Å². The summed E-state index contributed by atoms with van der Waals surface area (Å²) in [5.74, 6) is -0.702. The summed E-state index contributed by atoms with van der Waals surface area (Å²) in [5.41, 5.74) is 2.72. The first-order chi connectivity index (χ1) is 8.36. The number of benzene rings is 2. The topological polar surface area (TPSA) is 40.9 Å². The molecule has 0 fully saturated rings. The summed E-state index contributed by atoms with van der Waals surface area (Å²) in [5, 5.41) is 8.97. The zero-order valence-electron chi connectivity index (χ0n) is 9.21. The Bertz CT molecular complexity index is 555. The molecule has 0 heterocycles. The molecule has 0 saturated carbocycles. The number of nitrogens with zero attached hydrogens (tertiary/aromatic N) is 1. The lowest BCUT2D eigenvalue weighted by atomic mass is 9.92. The van der Waals surface area contributed by atoms with Crippen LogP contribution in [-0.2, 0) is 4.79 Å². The van der Waals surface area contributed by atoms with E-state index in [-0.39, 0.29) is 0 Å². The Morgan fingerprint density at radius 1 is 1.00 bits per heavy atom. The summed E-state index contributed by atoms with van der Waals surface area (Å²) < 4.78 is 0. The van der Waals surface area contributed by atoms with Gasteiger partial charge in [0.2, 0.25) is 0 Å². The molecule has 0 amide bonds. The Hall–Kier alpha value is -2.40. The maximum Gasteiger partial charge on any atom is 0.141 e. The third-order valence-corrected chi connectivity index (χ3v) is 2.66. The van der Waals surface area contributed by atoms with Gasteiger partial charge in [-0.2, -0.15) is 5.26 Å². The molecule has 0 aliphatic carbocycles. The molecule has 17 heavy (non-hydrogen) atoms. The molecule has 2 nitrogen and oxygen atoms in total. The molecule has 0 N–H and O–H groups in total. The number of rotatable bonds is 3. The molecule has 2 aromatic rings. The van der Waals surface area contributed by atoms with Gasteiger partial charge in [-0.3, -0.25) is 0 Å². The van der Waals surface area contributed by atoms with Gasteiger partial charge in [0.25, 0.3) is 0 Å². The highest BCUT2D eigenvalue weighted by molar-refractivity contribution is 5.76. The second-order valence-electron chi connectivity index (χ2n) is 3.70. The largest absolute Gasteiger partial charge is 0.302 e. The van der Waals surface area contributed by atoms with Gasteiger partial charge < -0.3 is 4.79 Å². The molecule has 0 bridgehead atoms. The second-order valence-corrected chi connectivity index (χ2v) is 3.70. The molecule has 2 aromatic carbocycles. The van der Waals surface area contributed by atoms with Crippen LogP contribution in [0.15, 0.2) is 54.6 Å². The van der Waals surface area contributed by atoms with Crippen LogP contribution in [0.5, 0.6) is 0 Å². The first-order valence-electron chi connectivity index (χ1n) is 5.36. The van der Waals surface area contributed by atoms with Crippen molar-refractivity contribution in [3.8, 4) is 17.2 Å². The Morgan fingerprint density at radius 2 is 1.65 bits per heavy atom. The average molecular weight is 221 g/mol. The zero-order valence-corrected chi connectivity index (χ0v) is 9.21. The number of carbonyl (C=O) groups excluding carboxylic acids is 1. The normalized spacial score (nSPS) is 11.5. The van der Waals surface area contributed by atoms with Crippen LogP contribution in [-0.4, -0.2) is 6.29 Å². The lowest BCUT2D eigenvalue weighted by Crippen LogP contribution is -1.99. The van der Waals surface area contributed by atoms with Crippen molar-refractivity contribution < 1.29 is 4.79 Å². The molecule has 0 unspecified atom stereocenters. The summed E-state index contributed by atoms with van der Waals surface area (Å²) in [6, 6.07) is 19.3. The molecular weight excluding hydrogens is 210 g/mol. The van der Waals surface area contributed by atoms with Crippen molar-refractivity contribution in [1.82, 2.24) is 0 Å². The highest BCUT2D eigenvalue weighted by Crippen LogP contribution is 2.27. The van der Waals surface area contributed by atoms with Crippen molar-refractivity contribution in [2.24, 2.45) is 0 Å². The molecule has 0 saturated heterocycles. The first-order valence-corrected chi connectivity index (χ1v) is 5.36. The smallest absolute Gasteiger partial charge is 0.141 e. The fourth-order valence-corrected chi connectivity index (χ4v) is 1.82. The van der Waals surface area contributed by atoms with E-state index >= 15 is 0 Å². The van der Waals surface area contributed by atoms with Crippen LogP contribution in [0.25, 0.3) is 11.1 Å². The Kier molecular flexibility index (Phi) is 3.32. The van der Waals surface area contributed by atoms with E-state index in [1.165, 1.54) is 0 Å². The van der Waals surface area contributed by atoms with Gasteiger partial charge in [-0.1, -0.05) is 54.6 Å².